The molecule has 0 aromatic rings. The second kappa shape index (κ2) is 14.0. The lowest BCUT2D eigenvalue weighted by atomic mass is 9.33. The molecule has 13 nitrogen and oxygen atoms in total. The summed E-state index contributed by atoms with van der Waals surface area (Å²) in [6.45, 7) is 12.8. The number of aliphatic hydroxyl groups excluding tert-OH is 7. The number of hydrogen-bond acceptors (Lipinski definition) is 12. The van der Waals surface area contributed by atoms with Crippen LogP contribution in [0.2, 0.25) is 0 Å². The number of aliphatic hydroxyl groups is 7. The molecule has 54 heavy (non-hydrogen) atoms. The smallest absolute Gasteiger partial charge is 0.310 e. The Morgan fingerprint density at radius 1 is 0.815 bits per heavy atom. The van der Waals surface area contributed by atoms with Gasteiger partial charge in [-0.05, 0) is 104 Å². The van der Waals surface area contributed by atoms with Crippen molar-refractivity contribution in [3.8, 4) is 0 Å². The van der Waals surface area contributed by atoms with Gasteiger partial charge in [0, 0.05) is 5.41 Å². The van der Waals surface area contributed by atoms with Gasteiger partial charge in [0.15, 0.2) is 12.6 Å². The Kier molecular flexibility index (Phi) is 10.6. The molecule has 308 valence electrons. The van der Waals surface area contributed by atoms with Gasteiger partial charge in [-0.2, -0.15) is 0 Å². The Bertz CT molecular complexity index is 1450. The van der Waals surface area contributed by atoms with Crippen LogP contribution < -0.4 is 0 Å². The third kappa shape index (κ3) is 5.92. The van der Waals surface area contributed by atoms with E-state index in [2.05, 4.69) is 47.6 Å². The van der Waals surface area contributed by atoms with Crippen molar-refractivity contribution >= 4 is 5.97 Å². The van der Waals surface area contributed by atoms with Crippen molar-refractivity contribution in [1.29, 1.82) is 0 Å². The van der Waals surface area contributed by atoms with E-state index < -0.39 is 84.8 Å². The summed E-state index contributed by atoms with van der Waals surface area (Å²) >= 11 is 0. The van der Waals surface area contributed by atoms with Gasteiger partial charge in [-0.25, -0.2) is 0 Å². The first-order chi connectivity index (χ1) is 25.2. The largest absolute Gasteiger partial charge is 0.481 e. The van der Waals surface area contributed by atoms with Crippen LogP contribution in [0.5, 0.6) is 0 Å². The van der Waals surface area contributed by atoms with Crippen molar-refractivity contribution in [2.75, 3.05) is 19.8 Å². The highest BCUT2D eigenvalue weighted by atomic mass is 16.8. The van der Waals surface area contributed by atoms with E-state index in [-0.39, 0.29) is 46.7 Å². The molecule has 2 aliphatic heterocycles. The summed E-state index contributed by atoms with van der Waals surface area (Å²) in [5, 5.41) is 84.7. The fraction of sp³-hybridized carbons (Fsp3) is 0.927. The lowest BCUT2D eigenvalue weighted by Crippen LogP contribution is -2.67. The van der Waals surface area contributed by atoms with E-state index in [1.54, 1.807) is 0 Å². The second-order valence-electron chi connectivity index (χ2n) is 20.1. The Morgan fingerprint density at radius 2 is 1.52 bits per heavy atom. The van der Waals surface area contributed by atoms with Gasteiger partial charge in [0.05, 0.1) is 31.3 Å². The van der Waals surface area contributed by atoms with Gasteiger partial charge >= 0.3 is 5.97 Å². The number of carboxylic acid groups (broad SMARTS) is 1. The molecule has 18 unspecified atom stereocenters. The maximum absolute atomic E-state index is 13.0. The highest BCUT2D eigenvalue weighted by Crippen LogP contribution is 2.76. The van der Waals surface area contributed by atoms with Gasteiger partial charge in [-0.1, -0.05) is 53.2 Å². The maximum Gasteiger partial charge on any atom is 0.310 e. The second-order valence-corrected chi connectivity index (χ2v) is 20.1. The van der Waals surface area contributed by atoms with Crippen LogP contribution in [-0.4, -0.2) is 128 Å². The van der Waals surface area contributed by atoms with Crippen molar-refractivity contribution in [2.45, 2.75) is 167 Å². The zero-order chi connectivity index (χ0) is 39.4. The standard InChI is InChI=1S/C41H66O13/c1-36(2)13-15-41(35(49)50)16-14-39(5)21(22(41)17-36)7-8-26-37(3)11-10-27(38(4,20-43)25(37)9-12-40(26,39)6)53-34-32(28(45)23(44)19-51-34)54-33-31(48)30(47)29(46)24(18-42)52-33/h7,22-34,42-48H,8-20H2,1-6H3,(H,49,50). The minimum Gasteiger partial charge on any atom is -0.481 e. The summed E-state index contributed by atoms with van der Waals surface area (Å²) in [5.41, 5.74) is -0.367. The molecule has 18 atom stereocenters. The van der Waals surface area contributed by atoms with Gasteiger partial charge in [-0.15, -0.1) is 0 Å². The monoisotopic (exact) mass is 766 g/mol. The van der Waals surface area contributed by atoms with E-state index in [0.29, 0.717) is 18.8 Å². The van der Waals surface area contributed by atoms with E-state index in [9.17, 15) is 45.6 Å². The van der Waals surface area contributed by atoms with Crippen molar-refractivity contribution < 1.29 is 64.6 Å². The Labute approximate surface area is 319 Å². The molecule has 2 heterocycles. The molecule has 0 radical (unpaired) electrons. The summed E-state index contributed by atoms with van der Waals surface area (Å²) < 4.78 is 24.1. The highest BCUT2D eigenvalue weighted by Gasteiger charge is 2.70. The number of aliphatic carboxylic acids is 1. The van der Waals surface area contributed by atoms with E-state index in [4.69, 9.17) is 18.9 Å². The molecular weight excluding hydrogens is 700 g/mol. The fourth-order valence-electron chi connectivity index (χ4n) is 13.4. The average Bonchev–Trinajstić information content (AvgIpc) is 3.12. The van der Waals surface area contributed by atoms with Crippen molar-refractivity contribution in [2.24, 2.45) is 50.2 Å². The summed E-state index contributed by atoms with van der Waals surface area (Å²) in [6, 6.07) is 0. The number of rotatable bonds is 7. The molecule has 6 fully saturated rings. The molecule has 0 aromatic carbocycles. The molecular formula is C41H66O13. The van der Waals surface area contributed by atoms with Gasteiger partial charge in [0.2, 0.25) is 0 Å². The quantitative estimate of drug-likeness (QED) is 0.138. The van der Waals surface area contributed by atoms with Crippen LogP contribution in [0.4, 0.5) is 0 Å². The number of carboxylic acids is 1. The van der Waals surface area contributed by atoms with Gasteiger partial charge < -0.3 is 59.8 Å². The molecule has 0 amide bonds. The first kappa shape index (κ1) is 40.9. The summed E-state index contributed by atoms with van der Waals surface area (Å²) in [6.07, 6.45) is -3.32. The van der Waals surface area contributed by atoms with Crippen LogP contribution in [0.25, 0.3) is 0 Å². The molecule has 7 aliphatic rings. The van der Waals surface area contributed by atoms with Crippen LogP contribution in [0, 0.1) is 50.2 Å². The Morgan fingerprint density at radius 3 is 2.19 bits per heavy atom. The topological polar surface area (TPSA) is 216 Å². The third-order valence-corrected chi connectivity index (χ3v) is 17.0. The summed E-state index contributed by atoms with van der Waals surface area (Å²) in [4.78, 5) is 13.0. The highest BCUT2D eigenvalue weighted by molar-refractivity contribution is 5.76. The number of allylic oxidation sites excluding steroid dienone is 2. The molecule has 0 spiro atoms. The lowest BCUT2D eigenvalue weighted by molar-refractivity contribution is -0.368. The van der Waals surface area contributed by atoms with Crippen LogP contribution in [0.3, 0.4) is 0 Å². The normalized spacial score (nSPS) is 54.3. The molecule has 4 saturated carbocycles. The van der Waals surface area contributed by atoms with Crippen LogP contribution in [-0.2, 0) is 23.7 Å². The minimum absolute atomic E-state index is 0.0233. The van der Waals surface area contributed by atoms with Crippen LogP contribution >= 0.6 is 0 Å². The van der Waals surface area contributed by atoms with Gasteiger partial charge in [-0.3, -0.25) is 4.79 Å². The predicted molar refractivity (Wildman–Crippen MR) is 193 cm³/mol. The molecule has 0 bridgehead atoms. The van der Waals surface area contributed by atoms with E-state index in [1.165, 1.54) is 5.57 Å². The number of hydrogen-bond donors (Lipinski definition) is 8. The molecule has 0 aromatic heterocycles. The fourth-order valence-corrected chi connectivity index (χ4v) is 13.4. The molecule has 2 saturated heterocycles. The zero-order valence-electron chi connectivity index (χ0n) is 32.9. The maximum atomic E-state index is 13.0. The van der Waals surface area contributed by atoms with Crippen molar-refractivity contribution in [3.63, 3.8) is 0 Å². The summed E-state index contributed by atoms with van der Waals surface area (Å²) in [7, 11) is 0. The molecule has 8 N–H and O–H groups in total. The van der Waals surface area contributed by atoms with E-state index in [1.807, 2.05) is 0 Å². The lowest BCUT2D eigenvalue weighted by Gasteiger charge is -2.71. The molecule has 13 heteroatoms. The number of carbonyl (C=O) groups is 1. The number of fused-ring (bicyclic) bond motifs is 7. The van der Waals surface area contributed by atoms with Gasteiger partial charge in [0.1, 0.15) is 42.7 Å². The van der Waals surface area contributed by atoms with Crippen molar-refractivity contribution in [1.82, 2.24) is 0 Å². The first-order valence-electron chi connectivity index (χ1n) is 20.4. The average molecular weight is 767 g/mol. The first-order valence-corrected chi connectivity index (χ1v) is 20.4. The van der Waals surface area contributed by atoms with E-state index >= 15 is 0 Å². The van der Waals surface area contributed by atoms with Crippen LogP contribution in [0.15, 0.2) is 11.6 Å². The van der Waals surface area contributed by atoms with E-state index in [0.717, 1.165) is 51.4 Å². The minimum atomic E-state index is -1.73. The van der Waals surface area contributed by atoms with Crippen LogP contribution in [0.1, 0.15) is 106 Å². The SMILES string of the molecule is CC1(C)CCC2(C(=O)O)CCC3(C)C(=CCC4C5(C)CCC(OC6OCC(O)C(O)C6OC6OC(CO)C(O)C(O)C6O)C(C)(CO)C5CCC43C)C2C1. The Balaban J connectivity index is 1.15. The molecule has 5 aliphatic carbocycles. The number of ether oxygens (including phenoxy) is 4. The Hall–Kier alpha value is -1.23. The molecule has 7 rings (SSSR count). The zero-order valence-corrected chi connectivity index (χ0v) is 32.9. The van der Waals surface area contributed by atoms with Gasteiger partial charge in [0.25, 0.3) is 0 Å². The summed E-state index contributed by atoms with van der Waals surface area (Å²) in [5.74, 6) is -0.265. The van der Waals surface area contributed by atoms with Crippen molar-refractivity contribution in [3.05, 3.63) is 11.6 Å². The third-order valence-electron chi connectivity index (χ3n) is 17.0. The predicted octanol–water partition coefficient (Wildman–Crippen LogP) is 2.49.